The first kappa shape index (κ1) is 26.6. The van der Waals surface area contributed by atoms with Crippen molar-refractivity contribution in [2.24, 2.45) is 0 Å². The monoisotopic (exact) mass is 555 g/mol. The molecule has 2 aliphatic rings. The van der Waals surface area contributed by atoms with E-state index in [1.165, 1.54) is 16.1 Å². The topological polar surface area (TPSA) is 142 Å². The normalized spacial score (nSPS) is 20.5. The largest absolute Gasteiger partial charge is 0.497 e. The molecule has 0 aliphatic carbocycles. The number of hydrogen-bond acceptors (Lipinski definition) is 8. The Morgan fingerprint density at radius 1 is 1.08 bits per heavy atom. The number of hydrogen-bond donors (Lipinski definition) is 1. The summed E-state index contributed by atoms with van der Waals surface area (Å²) >= 11 is 0. The van der Waals surface area contributed by atoms with Crippen LogP contribution >= 0.6 is 0 Å². The highest BCUT2D eigenvalue weighted by Crippen LogP contribution is 2.32. The van der Waals surface area contributed by atoms with Gasteiger partial charge in [0.2, 0.25) is 15.9 Å². The van der Waals surface area contributed by atoms with Crippen LogP contribution in [0.25, 0.3) is 10.8 Å². The van der Waals surface area contributed by atoms with Crippen molar-refractivity contribution < 1.29 is 32.1 Å². The summed E-state index contributed by atoms with van der Waals surface area (Å²) in [7, 11) is -2.25. The highest BCUT2D eigenvalue weighted by molar-refractivity contribution is 7.89. The molecule has 1 N–H and O–H groups in total. The number of amides is 4. The second-order valence-corrected chi connectivity index (χ2v) is 11.7. The van der Waals surface area contributed by atoms with Gasteiger partial charge in [-0.3, -0.25) is 14.5 Å². The fraction of sp³-hybridized carbons (Fsp3) is 0.385. The van der Waals surface area contributed by atoms with Crippen molar-refractivity contribution >= 4 is 38.6 Å². The number of aryl methyl sites for hydroxylation is 2. The van der Waals surface area contributed by atoms with E-state index in [1.807, 2.05) is 30.3 Å². The van der Waals surface area contributed by atoms with Gasteiger partial charge in [-0.15, -0.1) is 0 Å². The van der Waals surface area contributed by atoms with Gasteiger partial charge in [0.05, 0.1) is 7.11 Å². The van der Waals surface area contributed by atoms with E-state index in [0.29, 0.717) is 11.3 Å². The molecule has 39 heavy (non-hydrogen) atoms. The predicted octanol–water partition coefficient (Wildman–Crippen LogP) is 1.75. The van der Waals surface area contributed by atoms with Gasteiger partial charge in [-0.05, 0) is 55.3 Å². The first-order valence-electron chi connectivity index (χ1n) is 12.4. The van der Waals surface area contributed by atoms with Crippen molar-refractivity contribution in [3.8, 4) is 5.75 Å². The van der Waals surface area contributed by atoms with E-state index in [-0.39, 0.29) is 42.5 Å². The van der Waals surface area contributed by atoms with E-state index < -0.39 is 40.0 Å². The van der Waals surface area contributed by atoms with Gasteiger partial charge < -0.3 is 19.5 Å². The van der Waals surface area contributed by atoms with Gasteiger partial charge in [0.25, 0.3) is 5.91 Å². The van der Waals surface area contributed by atoms with E-state index in [2.05, 4.69) is 10.5 Å². The number of carbonyl (C=O) groups excluding carboxylic acids is 3. The zero-order valence-corrected chi connectivity index (χ0v) is 22.9. The number of rotatable bonds is 6. The highest BCUT2D eigenvalue weighted by atomic mass is 32.2. The molecule has 0 spiro atoms. The third-order valence-electron chi connectivity index (χ3n) is 7.35. The first-order chi connectivity index (χ1) is 18.5. The summed E-state index contributed by atoms with van der Waals surface area (Å²) < 4.78 is 37.7. The fourth-order valence-electron chi connectivity index (χ4n) is 5.08. The van der Waals surface area contributed by atoms with Gasteiger partial charge in [0.1, 0.15) is 28.4 Å². The summed E-state index contributed by atoms with van der Waals surface area (Å²) in [6.45, 7) is 4.64. The average molecular weight is 556 g/mol. The lowest BCUT2D eigenvalue weighted by molar-refractivity contribution is -0.139. The molecule has 12 nitrogen and oxygen atoms in total. The van der Waals surface area contributed by atoms with Crippen LogP contribution in [0.2, 0.25) is 0 Å². The van der Waals surface area contributed by atoms with Crippen molar-refractivity contribution in [2.45, 2.75) is 31.2 Å². The van der Waals surface area contributed by atoms with E-state index >= 15 is 0 Å². The van der Waals surface area contributed by atoms with Gasteiger partial charge in [-0.25, -0.2) is 13.2 Å². The van der Waals surface area contributed by atoms with Gasteiger partial charge in [0, 0.05) is 26.2 Å². The standard InChI is InChI=1S/C26H29N5O7S/c1-16-23(17(2)38-28-16)39(35,36)30-11-9-29(10-12-30)22(32)15-31-24(33)26(3,27-25(31)34)20-7-5-19-14-21(37-4)8-6-18(19)13-20/h5-8,13-14H,9-12,15H2,1-4H3,(H,27,34). The van der Waals surface area contributed by atoms with Gasteiger partial charge in [-0.2, -0.15) is 4.31 Å². The number of nitrogens with one attached hydrogen (secondary N) is 1. The number of ether oxygens (including phenoxy) is 1. The molecule has 5 rings (SSSR count). The number of fused-ring (bicyclic) bond motifs is 1. The van der Waals surface area contributed by atoms with Crippen molar-refractivity contribution in [3.63, 3.8) is 0 Å². The molecule has 2 fully saturated rings. The van der Waals surface area contributed by atoms with Crippen molar-refractivity contribution in [3.05, 3.63) is 53.4 Å². The van der Waals surface area contributed by atoms with Crippen molar-refractivity contribution in [2.75, 3.05) is 39.8 Å². The molecule has 4 amide bonds. The number of sulfonamides is 1. The number of aromatic nitrogens is 1. The van der Waals surface area contributed by atoms with E-state index in [9.17, 15) is 22.8 Å². The zero-order chi connectivity index (χ0) is 28.1. The summed E-state index contributed by atoms with van der Waals surface area (Å²) in [5.74, 6) is -0.0617. The highest BCUT2D eigenvalue weighted by Gasteiger charge is 2.50. The smallest absolute Gasteiger partial charge is 0.325 e. The van der Waals surface area contributed by atoms with Crippen LogP contribution in [0.1, 0.15) is 23.9 Å². The van der Waals surface area contributed by atoms with Crippen LogP contribution in [0.4, 0.5) is 4.79 Å². The Morgan fingerprint density at radius 3 is 2.38 bits per heavy atom. The molecular weight excluding hydrogens is 526 g/mol. The van der Waals surface area contributed by atoms with E-state index in [0.717, 1.165) is 15.7 Å². The van der Waals surface area contributed by atoms with Crippen LogP contribution in [-0.2, 0) is 25.2 Å². The lowest BCUT2D eigenvalue weighted by Gasteiger charge is -2.34. The average Bonchev–Trinajstić information content (AvgIpc) is 3.38. The minimum Gasteiger partial charge on any atom is -0.497 e. The van der Waals surface area contributed by atoms with Crippen LogP contribution < -0.4 is 10.1 Å². The predicted molar refractivity (Wildman–Crippen MR) is 139 cm³/mol. The van der Waals surface area contributed by atoms with Crippen LogP contribution in [0.5, 0.6) is 5.75 Å². The quantitative estimate of drug-likeness (QED) is 0.454. The molecule has 0 saturated carbocycles. The Morgan fingerprint density at radius 2 is 1.74 bits per heavy atom. The molecule has 3 aromatic rings. The third-order valence-corrected chi connectivity index (χ3v) is 9.49. The Balaban J connectivity index is 1.26. The van der Waals surface area contributed by atoms with Crippen molar-refractivity contribution in [1.82, 2.24) is 24.6 Å². The maximum Gasteiger partial charge on any atom is 0.325 e. The Labute approximate surface area is 225 Å². The molecule has 2 aliphatic heterocycles. The summed E-state index contributed by atoms with van der Waals surface area (Å²) in [6, 6.07) is 10.3. The second-order valence-electron chi connectivity index (χ2n) is 9.81. The fourth-order valence-corrected chi connectivity index (χ4v) is 6.80. The van der Waals surface area contributed by atoms with E-state index in [4.69, 9.17) is 9.26 Å². The molecular formula is C26H29N5O7S. The zero-order valence-electron chi connectivity index (χ0n) is 22.1. The lowest BCUT2D eigenvalue weighted by Crippen LogP contribution is -2.53. The van der Waals surface area contributed by atoms with Crippen LogP contribution in [0.15, 0.2) is 45.8 Å². The molecule has 2 aromatic carbocycles. The summed E-state index contributed by atoms with van der Waals surface area (Å²) in [4.78, 5) is 41.7. The van der Waals surface area contributed by atoms with Gasteiger partial charge >= 0.3 is 6.03 Å². The number of nitrogens with zero attached hydrogens (tertiary/aromatic N) is 4. The van der Waals surface area contributed by atoms with Crippen LogP contribution in [0, 0.1) is 13.8 Å². The number of piperazine rings is 1. The number of urea groups is 1. The summed E-state index contributed by atoms with van der Waals surface area (Å²) in [5, 5.41) is 8.24. The molecule has 3 heterocycles. The Kier molecular flexibility index (Phi) is 6.59. The minimum absolute atomic E-state index is 0.0359. The molecule has 1 unspecified atom stereocenters. The van der Waals surface area contributed by atoms with Crippen LogP contribution in [-0.4, -0.2) is 85.4 Å². The SMILES string of the molecule is COc1ccc2cc(C3(C)NC(=O)N(CC(=O)N4CCN(S(=O)(=O)c5c(C)noc5C)CC4)C3=O)ccc2c1. The first-order valence-corrected chi connectivity index (χ1v) is 13.8. The maximum absolute atomic E-state index is 13.4. The summed E-state index contributed by atoms with van der Waals surface area (Å²) in [5.41, 5.74) is -0.475. The number of carbonyl (C=O) groups is 3. The van der Waals surface area contributed by atoms with Gasteiger partial charge in [-0.1, -0.05) is 23.4 Å². The Hall–Kier alpha value is -3.97. The number of methoxy groups -OCH3 is 1. The second kappa shape index (κ2) is 9.65. The maximum atomic E-state index is 13.4. The number of imide groups is 1. The lowest BCUT2D eigenvalue weighted by atomic mass is 9.90. The van der Waals surface area contributed by atoms with Gasteiger partial charge in [0.15, 0.2) is 5.76 Å². The number of benzene rings is 2. The van der Waals surface area contributed by atoms with Crippen LogP contribution in [0.3, 0.4) is 0 Å². The third kappa shape index (κ3) is 4.51. The summed E-state index contributed by atoms with van der Waals surface area (Å²) in [6.07, 6.45) is 0. The van der Waals surface area contributed by atoms with Crippen molar-refractivity contribution in [1.29, 1.82) is 0 Å². The molecule has 206 valence electrons. The molecule has 1 atom stereocenters. The Bertz CT molecular complexity index is 1570. The molecule has 1 aromatic heterocycles. The molecule has 13 heteroatoms. The molecule has 2 saturated heterocycles. The molecule has 0 bridgehead atoms. The van der Waals surface area contributed by atoms with E-state index in [1.54, 1.807) is 27.0 Å². The minimum atomic E-state index is -3.83. The molecule has 0 radical (unpaired) electrons.